The van der Waals surface area contributed by atoms with Crippen LogP contribution in [0, 0.1) is 11.7 Å². The Bertz CT molecular complexity index is 1300. The SMILES string of the molecule is O=C1COc2cc(F)c(C(=O)N3CC(COc4ccc(Cl)cc4-c4cccnc4Cl)C3)cc2N1. The van der Waals surface area contributed by atoms with E-state index in [0.717, 1.165) is 11.6 Å². The van der Waals surface area contributed by atoms with Crippen LogP contribution in [0.2, 0.25) is 10.2 Å². The molecule has 0 bridgehead atoms. The molecule has 3 heterocycles. The van der Waals surface area contributed by atoms with Crippen molar-refractivity contribution in [3.05, 3.63) is 70.2 Å². The number of fused-ring (bicyclic) bond motifs is 1. The third kappa shape index (κ3) is 4.38. The van der Waals surface area contributed by atoms with Crippen LogP contribution >= 0.6 is 23.2 Å². The van der Waals surface area contributed by atoms with Gasteiger partial charge in [-0.05, 0) is 36.4 Å². The Morgan fingerprint density at radius 1 is 1.21 bits per heavy atom. The van der Waals surface area contributed by atoms with E-state index in [1.807, 2.05) is 6.07 Å². The van der Waals surface area contributed by atoms with E-state index in [9.17, 15) is 14.0 Å². The van der Waals surface area contributed by atoms with E-state index in [1.165, 1.54) is 11.0 Å². The summed E-state index contributed by atoms with van der Waals surface area (Å²) in [5.41, 5.74) is 1.59. The summed E-state index contributed by atoms with van der Waals surface area (Å²) in [5, 5.41) is 3.46. The van der Waals surface area contributed by atoms with Crippen molar-refractivity contribution in [2.24, 2.45) is 5.92 Å². The standard InChI is InChI=1S/C24H18Cl2FN3O4/c25-14-3-4-20(16(6-14)15-2-1-5-28-23(15)26)33-11-13-9-30(10-13)24(32)17-7-19-21(8-18(17)27)34-12-22(31)29-19/h1-8,13H,9-12H2,(H,29,31). The van der Waals surface area contributed by atoms with Crippen LogP contribution in [0.1, 0.15) is 10.4 Å². The Labute approximate surface area is 204 Å². The molecule has 1 saturated heterocycles. The summed E-state index contributed by atoms with van der Waals surface area (Å²) in [6.07, 6.45) is 1.60. The first-order valence-corrected chi connectivity index (χ1v) is 11.2. The largest absolute Gasteiger partial charge is 0.493 e. The fraction of sp³-hybridized carbons (Fsp3) is 0.208. The van der Waals surface area contributed by atoms with E-state index in [-0.39, 0.29) is 35.4 Å². The highest BCUT2D eigenvalue weighted by Crippen LogP contribution is 2.37. The van der Waals surface area contributed by atoms with Gasteiger partial charge >= 0.3 is 0 Å². The van der Waals surface area contributed by atoms with Gasteiger partial charge in [0.15, 0.2) is 6.61 Å². The lowest BCUT2D eigenvalue weighted by molar-refractivity contribution is -0.118. The maximum atomic E-state index is 14.5. The molecule has 2 amide bonds. The number of pyridine rings is 1. The highest BCUT2D eigenvalue weighted by atomic mass is 35.5. The Morgan fingerprint density at radius 2 is 2.03 bits per heavy atom. The monoisotopic (exact) mass is 501 g/mol. The van der Waals surface area contributed by atoms with Crippen LogP contribution in [0.25, 0.3) is 11.1 Å². The molecule has 0 radical (unpaired) electrons. The smallest absolute Gasteiger partial charge is 0.262 e. The lowest BCUT2D eigenvalue weighted by Gasteiger charge is -2.39. The molecule has 2 aromatic carbocycles. The number of carbonyl (C=O) groups excluding carboxylic acids is 2. The second-order valence-electron chi connectivity index (χ2n) is 8.03. The minimum Gasteiger partial charge on any atom is -0.493 e. The van der Waals surface area contributed by atoms with Crippen molar-refractivity contribution in [3.63, 3.8) is 0 Å². The van der Waals surface area contributed by atoms with Gasteiger partial charge in [-0.2, -0.15) is 0 Å². The van der Waals surface area contributed by atoms with Gasteiger partial charge < -0.3 is 19.7 Å². The molecular formula is C24H18Cl2FN3O4. The fourth-order valence-electron chi connectivity index (χ4n) is 3.91. The van der Waals surface area contributed by atoms with Crippen molar-refractivity contribution >= 4 is 40.7 Å². The molecular weight excluding hydrogens is 484 g/mol. The highest BCUT2D eigenvalue weighted by Gasteiger charge is 2.34. The number of hydrogen-bond acceptors (Lipinski definition) is 5. The predicted molar refractivity (Wildman–Crippen MR) is 125 cm³/mol. The number of hydrogen-bond donors (Lipinski definition) is 1. The molecule has 0 aliphatic carbocycles. The number of likely N-dealkylation sites (tertiary alicyclic amines) is 1. The van der Waals surface area contributed by atoms with Crippen molar-refractivity contribution in [3.8, 4) is 22.6 Å². The van der Waals surface area contributed by atoms with Gasteiger partial charge in [-0.15, -0.1) is 0 Å². The summed E-state index contributed by atoms with van der Waals surface area (Å²) in [5.74, 6) is -0.630. The number of amides is 2. The Morgan fingerprint density at radius 3 is 2.82 bits per heavy atom. The number of benzene rings is 2. The van der Waals surface area contributed by atoms with Crippen molar-refractivity contribution in [2.45, 2.75) is 0 Å². The quantitative estimate of drug-likeness (QED) is 0.513. The lowest BCUT2D eigenvalue weighted by atomic mass is 9.99. The summed E-state index contributed by atoms with van der Waals surface area (Å²) in [6.45, 7) is 0.992. The zero-order valence-corrected chi connectivity index (χ0v) is 19.2. The van der Waals surface area contributed by atoms with Crippen LogP contribution in [-0.4, -0.2) is 48.0 Å². The summed E-state index contributed by atoms with van der Waals surface area (Å²) in [7, 11) is 0. The molecule has 1 aromatic heterocycles. The summed E-state index contributed by atoms with van der Waals surface area (Å²) < 4.78 is 25.7. The molecule has 0 saturated carbocycles. The maximum absolute atomic E-state index is 14.5. The van der Waals surface area contributed by atoms with Crippen molar-refractivity contribution < 1.29 is 23.5 Å². The lowest BCUT2D eigenvalue weighted by Crippen LogP contribution is -2.52. The molecule has 34 heavy (non-hydrogen) atoms. The highest BCUT2D eigenvalue weighted by molar-refractivity contribution is 6.33. The normalized spacial score (nSPS) is 15.1. The van der Waals surface area contributed by atoms with E-state index >= 15 is 0 Å². The van der Waals surface area contributed by atoms with E-state index in [2.05, 4.69) is 10.3 Å². The number of nitrogens with zero attached hydrogens (tertiary/aromatic N) is 2. The molecule has 2 aliphatic heterocycles. The fourth-order valence-corrected chi connectivity index (χ4v) is 4.30. The van der Waals surface area contributed by atoms with Crippen LogP contribution < -0.4 is 14.8 Å². The topological polar surface area (TPSA) is 80.8 Å². The van der Waals surface area contributed by atoms with E-state index in [1.54, 1.807) is 30.5 Å². The summed E-state index contributed by atoms with van der Waals surface area (Å²) >= 11 is 12.4. The number of nitrogens with one attached hydrogen (secondary N) is 1. The molecule has 1 N–H and O–H groups in total. The van der Waals surface area contributed by atoms with E-state index in [0.29, 0.717) is 41.2 Å². The van der Waals surface area contributed by atoms with E-state index in [4.69, 9.17) is 32.7 Å². The average Bonchev–Trinajstić information content (AvgIpc) is 2.79. The molecule has 1 fully saturated rings. The maximum Gasteiger partial charge on any atom is 0.262 e. The van der Waals surface area contributed by atoms with Crippen LogP contribution in [0.15, 0.2) is 48.7 Å². The molecule has 2 aliphatic rings. The Balaban J connectivity index is 1.24. The summed E-state index contributed by atoms with van der Waals surface area (Å²) in [4.78, 5) is 30.0. The van der Waals surface area contributed by atoms with Crippen LogP contribution in [0.4, 0.5) is 10.1 Å². The second-order valence-corrected chi connectivity index (χ2v) is 8.83. The molecule has 0 unspecified atom stereocenters. The average molecular weight is 502 g/mol. The second kappa shape index (κ2) is 9.12. The van der Waals surface area contributed by atoms with Crippen LogP contribution in [-0.2, 0) is 4.79 Å². The number of rotatable bonds is 5. The van der Waals surface area contributed by atoms with Crippen molar-refractivity contribution in [1.29, 1.82) is 0 Å². The number of anilines is 1. The van der Waals surface area contributed by atoms with Gasteiger partial charge in [-0.3, -0.25) is 9.59 Å². The van der Waals surface area contributed by atoms with Crippen molar-refractivity contribution in [1.82, 2.24) is 9.88 Å². The van der Waals surface area contributed by atoms with Gasteiger partial charge in [0.2, 0.25) is 0 Å². The zero-order chi connectivity index (χ0) is 23.8. The molecule has 5 rings (SSSR count). The molecule has 3 aromatic rings. The van der Waals surface area contributed by atoms with Gasteiger partial charge in [0.25, 0.3) is 11.8 Å². The first kappa shape index (κ1) is 22.4. The number of aromatic nitrogens is 1. The molecule has 0 atom stereocenters. The van der Waals surface area contributed by atoms with E-state index < -0.39 is 11.7 Å². The minimum absolute atomic E-state index is 0.0700. The van der Waals surface area contributed by atoms with Gasteiger partial charge in [-0.1, -0.05) is 23.2 Å². The summed E-state index contributed by atoms with van der Waals surface area (Å²) in [6, 6.07) is 11.3. The molecule has 7 nitrogen and oxygen atoms in total. The zero-order valence-electron chi connectivity index (χ0n) is 17.7. The number of halogens is 3. The van der Waals surface area contributed by atoms with Gasteiger partial charge in [-0.25, -0.2) is 9.37 Å². The number of carbonyl (C=O) groups is 2. The molecule has 174 valence electrons. The minimum atomic E-state index is -0.696. The first-order valence-electron chi connectivity index (χ1n) is 10.5. The van der Waals surface area contributed by atoms with Crippen LogP contribution in [0.3, 0.4) is 0 Å². The van der Waals surface area contributed by atoms with Gasteiger partial charge in [0.05, 0.1) is 17.9 Å². The third-order valence-corrected chi connectivity index (χ3v) is 6.18. The van der Waals surface area contributed by atoms with Gasteiger partial charge in [0.1, 0.15) is 22.5 Å². The Hall–Kier alpha value is -3.36. The predicted octanol–water partition coefficient (Wildman–Crippen LogP) is 4.68. The van der Waals surface area contributed by atoms with Crippen molar-refractivity contribution in [2.75, 3.05) is 31.6 Å². The molecule has 10 heteroatoms. The van der Waals surface area contributed by atoms with Crippen LogP contribution in [0.5, 0.6) is 11.5 Å². The third-order valence-electron chi connectivity index (χ3n) is 5.64. The molecule has 0 spiro atoms. The van der Waals surface area contributed by atoms with Gasteiger partial charge in [0, 0.05) is 47.4 Å². The first-order chi connectivity index (χ1) is 16.4. The number of ether oxygens (including phenoxy) is 2. The Kier molecular flexibility index (Phi) is 6.02.